The fourth-order valence-electron chi connectivity index (χ4n) is 13.0. The van der Waals surface area contributed by atoms with Gasteiger partial charge in [0.1, 0.15) is 17.0 Å². The van der Waals surface area contributed by atoms with Crippen molar-refractivity contribution in [3.05, 3.63) is 278 Å². The van der Waals surface area contributed by atoms with Crippen LogP contribution >= 0.6 is 0 Å². The van der Waals surface area contributed by atoms with Gasteiger partial charge in [-0.3, -0.25) is 4.57 Å². The zero-order valence-corrected chi connectivity index (χ0v) is 50.5. The zero-order chi connectivity index (χ0) is 57.5. The van der Waals surface area contributed by atoms with Crippen molar-refractivity contribution >= 4 is 54.6 Å². The smallest absolute Gasteiger partial charge is 0.163 e. The largest absolute Gasteiger partial charge is 0.507 e. The number of hydrogen-bond donors (Lipinski definition) is 1. The molecule has 0 aliphatic rings. The predicted octanol–water partition coefficient (Wildman–Crippen LogP) is 21.4. The van der Waals surface area contributed by atoms with Crippen molar-refractivity contribution in [2.45, 2.75) is 40.0 Å². The molecule has 0 fully saturated rings. The summed E-state index contributed by atoms with van der Waals surface area (Å²) in [6, 6.07) is 94.4. The summed E-state index contributed by atoms with van der Waals surface area (Å²) in [5.41, 5.74) is 23.4. The predicted molar refractivity (Wildman–Crippen MR) is 353 cm³/mol. The molecule has 0 atom stereocenters. The second-order valence-electron chi connectivity index (χ2n) is 23.4. The number of aryl methyl sites for hydroxylation is 2. The summed E-state index contributed by atoms with van der Waals surface area (Å²) in [4.78, 5) is 11.5. The Hall–Kier alpha value is -9.93. The van der Waals surface area contributed by atoms with Crippen molar-refractivity contribution in [2.75, 3.05) is 0 Å². The number of phenolic OH excluding ortho intramolecular Hbond substituents is 1. The van der Waals surface area contributed by atoms with Gasteiger partial charge in [-0.1, -0.05) is 257 Å². The molecule has 86 heavy (non-hydrogen) atoms. The molecule has 0 unspecified atom stereocenters. The third-order valence-electron chi connectivity index (χ3n) is 17.0. The summed E-state index contributed by atoms with van der Waals surface area (Å²) in [6.45, 7) is 11.2. The number of pyridine rings is 1. The Bertz CT molecular complexity index is 5050. The van der Waals surface area contributed by atoms with Crippen LogP contribution in [0, 0.1) is 19.9 Å². The van der Waals surface area contributed by atoms with Crippen LogP contribution in [0.5, 0.6) is 5.75 Å². The van der Waals surface area contributed by atoms with E-state index in [1.54, 1.807) is 6.07 Å². The average molecular weight is 1290 g/mol. The number of phenols is 1. The van der Waals surface area contributed by atoms with Crippen LogP contribution in [0.25, 0.3) is 150 Å². The zero-order valence-electron chi connectivity index (χ0n) is 48.3. The number of aromatic hydroxyl groups is 1. The summed E-state index contributed by atoms with van der Waals surface area (Å²) in [7, 11) is 0. The number of hydrogen-bond acceptors (Lipinski definition) is 4. The summed E-state index contributed by atoms with van der Waals surface area (Å²) in [5.74, 6) is 0.848. The quantitative estimate of drug-likeness (QED) is 0.116. The molecule has 0 amide bonds. The molecule has 0 saturated heterocycles. The van der Waals surface area contributed by atoms with Gasteiger partial charge in [0, 0.05) is 31.8 Å². The summed E-state index contributed by atoms with van der Waals surface area (Å²) >= 11 is 0. The van der Waals surface area contributed by atoms with Gasteiger partial charge in [-0.05, 0) is 138 Å². The van der Waals surface area contributed by atoms with Gasteiger partial charge in [0.15, 0.2) is 5.82 Å². The fraction of sp³-hybridized carbons (Fsp3) is 0.0750. The molecule has 0 bridgehead atoms. The summed E-state index contributed by atoms with van der Waals surface area (Å²) < 4.78 is 9.47. The van der Waals surface area contributed by atoms with Crippen molar-refractivity contribution in [1.29, 1.82) is 0 Å². The third kappa shape index (κ3) is 9.13. The number of para-hydroxylation sites is 2. The van der Waals surface area contributed by atoms with E-state index in [9.17, 15) is 5.11 Å². The van der Waals surface area contributed by atoms with Crippen LogP contribution in [0.2, 0.25) is 0 Å². The molecule has 416 valence electrons. The molecule has 0 radical (unpaired) electrons. The number of imidazole rings is 1. The van der Waals surface area contributed by atoms with Crippen LogP contribution in [0.3, 0.4) is 0 Å². The van der Waals surface area contributed by atoms with E-state index >= 15 is 0 Å². The maximum Gasteiger partial charge on any atom is 0.163 e. The molecule has 0 aliphatic heterocycles. The molecule has 6 heteroatoms. The van der Waals surface area contributed by atoms with Crippen LogP contribution in [-0.4, -0.2) is 19.6 Å². The first-order valence-electron chi connectivity index (χ1n) is 29.1. The Balaban J connectivity index is 0.00000653. The van der Waals surface area contributed by atoms with Crippen molar-refractivity contribution in [1.82, 2.24) is 14.5 Å². The normalized spacial score (nSPS) is 11.7. The topological polar surface area (TPSA) is 64.1 Å². The number of furan rings is 1. The molecule has 5 nitrogen and oxygen atoms in total. The molecule has 15 rings (SSSR count). The Morgan fingerprint density at radius 3 is 1.66 bits per heavy atom. The van der Waals surface area contributed by atoms with Crippen LogP contribution in [0.15, 0.2) is 259 Å². The number of aromatic nitrogens is 3. The Morgan fingerprint density at radius 2 is 1.00 bits per heavy atom. The first-order valence-corrected chi connectivity index (χ1v) is 29.1. The van der Waals surface area contributed by atoms with Gasteiger partial charge in [0.05, 0.1) is 27.8 Å². The minimum atomic E-state index is -0.0992. The van der Waals surface area contributed by atoms with E-state index in [0.717, 1.165) is 138 Å². The summed E-state index contributed by atoms with van der Waals surface area (Å²) in [6.07, 6.45) is 0. The van der Waals surface area contributed by atoms with E-state index in [4.69, 9.17) is 14.4 Å². The van der Waals surface area contributed by atoms with Crippen molar-refractivity contribution in [3.8, 4) is 101 Å². The number of nitrogens with zero attached hydrogens (tertiary/aromatic N) is 3. The Kier molecular flexibility index (Phi) is 13.6. The molecule has 15 aromatic rings. The Morgan fingerprint density at radius 1 is 0.442 bits per heavy atom. The van der Waals surface area contributed by atoms with Gasteiger partial charge in [0.2, 0.25) is 0 Å². The molecule has 3 heterocycles. The molecule has 3 aromatic heterocycles. The van der Waals surface area contributed by atoms with E-state index in [1.807, 2.05) is 24.3 Å². The molecule has 12 aromatic carbocycles. The van der Waals surface area contributed by atoms with Crippen LogP contribution in [0.1, 0.15) is 37.5 Å². The van der Waals surface area contributed by atoms with Gasteiger partial charge in [-0.15, -0.1) is 17.2 Å². The van der Waals surface area contributed by atoms with Crippen LogP contribution < -0.4 is 0 Å². The monoisotopic (exact) mass is 1290 g/mol. The van der Waals surface area contributed by atoms with E-state index in [0.29, 0.717) is 22.4 Å². The maximum atomic E-state index is 11.5. The molecular formula is C80H58N3O2Pt-. The minimum Gasteiger partial charge on any atom is -0.507 e. The molecule has 1 N–H and O–H groups in total. The summed E-state index contributed by atoms with van der Waals surface area (Å²) in [5, 5.41) is 16.1. The van der Waals surface area contributed by atoms with Gasteiger partial charge in [-0.2, -0.15) is 0 Å². The second-order valence-corrected chi connectivity index (χ2v) is 23.4. The van der Waals surface area contributed by atoms with E-state index in [1.165, 1.54) is 5.56 Å². The van der Waals surface area contributed by atoms with Crippen LogP contribution in [0.4, 0.5) is 0 Å². The first-order chi connectivity index (χ1) is 41.6. The standard InChI is InChI=1S/C80H58N3O2.Pt/c1-49-22-17-23-50(2)78(49)83-67-45-43-64(73-59(51-24-9-6-10-25-51)34-21-37-62(73)56-31-18-32-58(46-56)80(3,4)5)71(77(67)82-79(83)66-44-42-55-41-40-54-30-19-38-68(84)72(54)76(55)81-66)57-47-65(75-63-33-15-16-39-69(63)85-70(75)48-57)74-60(52-26-11-7-12-27-52)35-20-36-61(74)53-28-13-8-14-29-53;/h6-46,48,84H,1-5H3;/q-1;. The van der Waals surface area contributed by atoms with Crippen molar-refractivity contribution in [3.63, 3.8) is 0 Å². The third-order valence-corrected chi connectivity index (χ3v) is 17.0. The molecule has 0 spiro atoms. The second kappa shape index (κ2) is 21.6. The molecule has 0 saturated carbocycles. The Labute approximate surface area is 514 Å². The van der Waals surface area contributed by atoms with Gasteiger partial charge < -0.3 is 9.52 Å². The van der Waals surface area contributed by atoms with Crippen LogP contribution in [-0.2, 0) is 26.5 Å². The van der Waals surface area contributed by atoms with E-state index in [2.05, 4.69) is 270 Å². The van der Waals surface area contributed by atoms with Crippen molar-refractivity contribution in [2.24, 2.45) is 0 Å². The van der Waals surface area contributed by atoms with E-state index in [-0.39, 0.29) is 32.2 Å². The number of rotatable bonds is 9. The van der Waals surface area contributed by atoms with Crippen molar-refractivity contribution < 1.29 is 30.6 Å². The minimum absolute atomic E-state index is 0. The molecular weight excluding hydrogens is 1230 g/mol. The van der Waals surface area contributed by atoms with E-state index < -0.39 is 0 Å². The number of fused-ring (bicyclic) bond motifs is 7. The molecule has 0 aliphatic carbocycles. The fourth-order valence-corrected chi connectivity index (χ4v) is 13.0. The van der Waals surface area contributed by atoms with Gasteiger partial charge >= 0.3 is 0 Å². The first kappa shape index (κ1) is 54.0. The average Bonchev–Trinajstić information content (AvgIpc) is 1.63. The SMILES string of the molecule is Cc1cccc(C)c1-n1c(-c2ccc3ccc4cccc(O)c4c3n2)nc2c(-c3[c-]c(-c4c(-c5ccccc5)cccc4-c4ccccc4)c4c(c3)oc3ccccc34)c(-c3c(-c4ccccc4)cccc3-c3cccc(C(C)(C)C)c3)ccc21.[Pt]. The van der Waals surface area contributed by atoms with Gasteiger partial charge in [-0.25, -0.2) is 9.97 Å². The maximum absolute atomic E-state index is 11.5. The number of benzene rings is 12. The van der Waals surface area contributed by atoms with Gasteiger partial charge in [0.25, 0.3) is 0 Å².